The highest BCUT2D eigenvalue weighted by molar-refractivity contribution is 5.86. The molecule has 4 aromatic rings. The molecule has 0 spiro atoms. The van der Waals surface area contributed by atoms with E-state index in [-0.39, 0.29) is 6.04 Å². The summed E-state index contributed by atoms with van der Waals surface area (Å²) in [5, 5.41) is 12.9. The molecule has 3 N–H and O–H groups in total. The number of fused-ring (bicyclic) bond motifs is 1. The Labute approximate surface area is 212 Å². The van der Waals surface area contributed by atoms with Gasteiger partial charge in [-0.3, -0.25) is 0 Å². The molecule has 1 unspecified atom stereocenters. The third-order valence-corrected chi connectivity index (χ3v) is 6.82. The average molecular weight is 483 g/mol. The number of anilines is 3. The van der Waals surface area contributed by atoms with Gasteiger partial charge in [0.15, 0.2) is 0 Å². The molecule has 7 nitrogen and oxygen atoms in total. The predicted octanol–water partition coefficient (Wildman–Crippen LogP) is 6.56. The standard InChI is InChI=1S/C29H34N6O/c1-20(25-14-8-10-22-9-6-7-13-26(22)25)31-28-33-27(30-19-21-15-17-24(36-2)18-16-21)34-29(35-28)32-23-11-4-3-5-12-23/h6-10,13-18,20,23H,3-5,11-12,19H2,1-2H3,(H3,30,31,32,33,34,35). The lowest BCUT2D eigenvalue weighted by Crippen LogP contribution is -2.24. The smallest absolute Gasteiger partial charge is 0.229 e. The van der Waals surface area contributed by atoms with E-state index < -0.39 is 0 Å². The molecule has 1 saturated carbocycles. The van der Waals surface area contributed by atoms with Crippen molar-refractivity contribution in [1.29, 1.82) is 0 Å². The summed E-state index contributed by atoms with van der Waals surface area (Å²) < 4.78 is 5.27. The van der Waals surface area contributed by atoms with Gasteiger partial charge in [-0.1, -0.05) is 73.9 Å². The number of ether oxygens (including phenoxy) is 1. The van der Waals surface area contributed by atoms with Crippen LogP contribution in [-0.4, -0.2) is 28.1 Å². The summed E-state index contributed by atoms with van der Waals surface area (Å²) in [6.45, 7) is 2.75. The molecule has 1 atom stereocenters. The number of nitrogens with zero attached hydrogens (tertiary/aromatic N) is 3. The molecule has 7 heteroatoms. The first-order chi connectivity index (χ1) is 17.7. The van der Waals surface area contributed by atoms with Crippen LogP contribution in [0.15, 0.2) is 66.7 Å². The summed E-state index contributed by atoms with van der Waals surface area (Å²) in [5.74, 6) is 2.56. The van der Waals surface area contributed by atoms with Gasteiger partial charge >= 0.3 is 0 Å². The van der Waals surface area contributed by atoms with Crippen LogP contribution in [0.5, 0.6) is 5.75 Å². The fraction of sp³-hybridized carbons (Fsp3) is 0.345. The number of benzene rings is 3. The monoisotopic (exact) mass is 482 g/mol. The van der Waals surface area contributed by atoms with Crippen molar-refractivity contribution in [2.75, 3.05) is 23.1 Å². The Morgan fingerprint density at radius 1 is 0.833 bits per heavy atom. The Hall–Kier alpha value is -3.87. The minimum atomic E-state index is 0.0236. The maximum absolute atomic E-state index is 5.27. The van der Waals surface area contributed by atoms with Gasteiger partial charge in [-0.05, 0) is 53.8 Å². The Morgan fingerprint density at radius 3 is 2.36 bits per heavy atom. The summed E-state index contributed by atoms with van der Waals surface area (Å²) >= 11 is 0. The van der Waals surface area contributed by atoms with Gasteiger partial charge in [0, 0.05) is 12.6 Å². The van der Waals surface area contributed by atoms with Crippen LogP contribution in [0.2, 0.25) is 0 Å². The van der Waals surface area contributed by atoms with Crippen LogP contribution >= 0.6 is 0 Å². The minimum absolute atomic E-state index is 0.0236. The number of methoxy groups -OCH3 is 1. The number of hydrogen-bond acceptors (Lipinski definition) is 7. The van der Waals surface area contributed by atoms with Crippen molar-refractivity contribution in [1.82, 2.24) is 15.0 Å². The summed E-state index contributed by atoms with van der Waals surface area (Å²) in [7, 11) is 1.67. The molecule has 0 radical (unpaired) electrons. The molecule has 1 aromatic heterocycles. The van der Waals surface area contributed by atoms with Crippen molar-refractivity contribution in [2.24, 2.45) is 0 Å². The van der Waals surface area contributed by atoms with Crippen molar-refractivity contribution in [3.8, 4) is 5.75 Å². The summed E-state index contributed by atoms with van der Waals surface area (Å²) in [6, 6.07) is 23.3. The molecule has 0 amide bonds. The predicted molar refractivity (Wildman–Crippen MR) is 147 cm³/mol. The quantitative estimate of drug-likeness (QED) is 0.249. The van der Waals surface area contributed by atoms with Crippen LogP contribution in [0.3, 0.4) is 0 Å². The van der Waals surface area contributed by atoms with E-state index in [9.17, 15) is 0 Å². The van der Waals surface area contributed by atoms with Crippen LogP contribution in [0.25, 0.3) is 10.8 Å². The normalized spacial score (nSPS) is 14.8. The van der Waals surface area contributed by atoms with Crippen LogP contribution in [0.1, 0.15) is 56.2 Å². The Balaban J connectivity index is 1.37. The Bertz CT molecular complexity index is 1280. The first kappa shape index (κ1) is 23.9. The Morgan fingerprint density at radius 2 is 1.56 bits per heavy atom. The van der Waals surface area contributed by atoms with E-state index in [0.717, 1.165) is 24.2 Å². The number of nitrogens with one attached hydrogen (secondary N) is 3. The third kappa shape index (κ3) is 5.85. The molecular formula is C29H34N6O. The minimum Gasteiger partial charge on any atom is -0.497 e. The van der Waals surface area contributed by atoms with Crippen LogP contribution < -0.4 is 20.7 Å². The second-order valence-corrected chi connectivity index (χ2v) is 9.42. The van der Waals surface area contributed by atoms with Gasteiger partial charge in [-0.15, -0.1) is 0 Å². The maximum atomic E-state index is 5.27. The van der Waals surface area contributed by atoms with Crippen molar-refractivity contribution in [3.05, 3.63) is 77.9 Å². The van der Waals surface area contributed by atoms with E-state index in [0.29, 0.717) is 30.4 Å². The highest BCUT2D eigenvalue weighted by Gasteiger charge is 2.17. The molecular weight excluding hydrogens is 448 g/mol. The summed E-state index contributed by atoms with van der Waals surface area (Å²) in [4.78, 5) is 14.2. The summed E-state index contributed by atoms with van der Waals surface area (Å²) in [6.07, 6.45) is 6.09. The summed E-state index contributed by atoms with van der Waals surface area (Å²) in [5.41, 5.74) is 2.33. The fourth-order valence-corrected chi connectivity index (χ4v) is 4.84. The zero-order valence-corrected chi connectivity index (χ0v) is 21.0. The van der Waals surface area contributed by atoms with Crippen molar-refractivity contribution in [3.63, 3.8) is 0 Å². The average Bonchev–Trinajstić information content (AvgIpc) is 2.92. The van der Waals surface area contributed by atoms with E-state index in [2.05, 4.69) is 65.3 Å². The van der Waals surface area contributed by atoms with Crippen LogP contribution in [0.4, 0.5) is 17.8 Å². The highest BCUT2D eigenvalue weighted by Crippen LogP contribution is 2.27. The molecule has 1 aliphatic rings. The van der Waals surface area contributed by atoms with E-state index in [1.54, 1.807) is 7.11 Å². The molecule has 0 bridgehead atoms. The van der Waals surface area contributed by atoms with E-state index in [4.69, 9.17) is 19.7 Å². The van der Waals surface area contributed by atoms with Gasteiger partial charge < -0.3 is 20.7 Å². The lowest BCUT2D eigenvalue weighted by atomic mass is 9.96. The maximum Gasteiger partial charge on any atom is 0.229 e. The second kappa shape index (κ2) is 11.2. The van der Waals surface area contributed by atoms with Gasteiger partial charge in [0.25, 0.3) is 0 Å². The van der Waals surface area contributed by atoms with Gasteiger partial charge in [0.2, 0.25) is 17.8 Å². The molecule has 5 rings (SSSR count). The number of rotatable bonds is 9. The molecule has 0 aliphatic heterocycles. The first-order valence-electron chi connectivity index (χ1n) is 12.8. The lowest BCUT2D eigenvalue weighted by Gasteiger charge is -2.23. The fourth-order valence-electron chi connectivity index (χ4n) is 4.84. The zero-order chi connectivity index (χ0) is 24.7. The van der Waals surface area contributed by atoms with Gasteiger partial charge in [0.1, 0.15) is 5.75 Å². The SMILES string of the molecule is COc1ccc(CNc2nc(NC3CCCCC3)nc(NC(C)c3cccc4ccccc34)n2)cc1. The second-order valence-electron chi connectivity index (χ2n) is 9.42. The molecule has 3 aromatic carbocycles. The molecule has 1 aliphatic carbocycles. The first-order valence-corrected chi connectivity index (χ1v) is 12.8. The number of hydrogen-bond donors (Lipinski definition) is 3. The van der Waals surface area contributed by atoms with Gasteiger partial charge in [-0.25, -0.2) is 0 Å². The number of aromatic nitrogens is 3. The highest BCUT2D eigenvalue weighted by atomic mass is 16.5. The van der Waals surface area contributed by atoms with Crippen molar-refractivity contribution in [2.45, 2.75) is 57.7 Å². The zero-order valence-electron chi connectivity index (χ0n) is 21.0. The van der Waals surface area contributed by atoms with E-state index in [1.165, 1.54) is 35.6 Å². The Kier molecular flexibility index (Phi) is 7.45. The molecule has 1 heterocycles. The lowest BCUT2D eigenvalue weighted by molar-refractivity contribution is 0.414. The van der Waals surface area contributed by atoms with Crippen molar-refractivity contribution >= 4 is 28.6 Å². The molecule has 186 valence electrons. The molecule has 36 heavy (non-hydrogen) atoms. The van der Waals surface area contributed by atoms with Crippen LogP contribution in [0, 0.1) is 0 Å². The topological polar surface area (TPSA) is 84.0 Å². The van der Waals surface area contributed by atoms with Crippen LogP contribution in [-0.2, 0) is 6.54 Å². The molecule has 0 saturated heterocycles. The molecule has 1 fully saturated rings. The third-order valence-electron chi connectivity index (χ3n) is 6.82. The van der Waals surface area contributed by atoms with E-state index >= 15 is 0 Å². The largest absolute Gasteiger partial charge is 0.497 e. The van der Waals surface area contributed by atoms with Crippen molar-refractivity contribution < 1.29 is 4.74 Å². The van der Waals surface area contributed by atoms with Gasteiger partial charge in [0.05, 0.1) is 13.2 Å². The van der Waals surface area contributed by atoms with Gasteiger partial charge in [-0.2, -0.15) is 15.0 Å². The van der Waals surface area contributed by atoms with E-state index in [1.807, 2.05) is 24.3 Å².